The highest BCUT2D eigenvalue weighted by atomic mass is 19.1. The van der Waals surface area contributed by atoms with Gasteiger partial charge in [0.15, 0.2) is 5.69 Å². The number of carbonyl (C=O) groups excluding carboxylic acids is 1. The predicted octanol–water partition coefficient (Wildman–Crippen LogP) is 1.69. The number of amides is 1. The van der Waals surface area contributed by atoms with Gasteiger partial charge in [0.05, 0.1) is 6.20 Å². The summed E-state index contributed by atoms with van der Waals surface area (Å²) in [4.78, 5) is 26.3. The maximum absolute atomic E-state index is 14.1. The third kappa shape index (κ3) is 3.39. The number of halogens is 1. The quantitative estimate of drug-likeness (QED) is 0.714. The number of rotatable bonds is 4. The molecule has 8 heteroatoms. The molecule has 0 aliphatic heterocycles. The minimum atomic E-state index is -0.538. The first-order valence-electron chi connectivity index (χ1n) is 7.95. The van der Waals surface area contributed by atoms with Crippen LogP contribution in [0.4, 0.5) is 4.39 Å². The van der Waals surface area contributed by atoms with Crippen molar-refractivity contribution in [3.05, 3.63) is 75.7 Å². The topological polar surface area (TPSA) is 73.0 Å². The van der Waals surface area contributed by atoms with Crippen LogP contribution >= 0.6 is 0 Å². The summed E-state index contributed by atoms with van der Waals surface area (Å²) in [5.41, 5.74) is 0.675. The summed E-state index contributed by atoms with van der Waals surface area (Å²) in [7, 11) is 3.35. The Kier molecular flexibility index (Phi) is 4.66. The molecule has 0 unspecified atom stereocenters. The number of para-hydroxylation sites is 1. The van der Waals surface area contributed by atoms with E-state index in [4.69, 9.17) is 0 Å². The average molecular weight is 355 g/mol. The molecule has 0 bridgehead atoms. The molecule has 2 heterocycles. The first-order valence-corrected chi connectivity index (χ1v) is 7.95. The van der Waals surface area contributed by atoms with E-state index in [9.17, 15) is 14.0 Å². The van der Waals surface area contributed by atoms with Crippen molar-refractivity contribution in [1.29, 1.82) is 0 Å². The van der Waals surface area contributed by atoms with Gasteiger partial charge in [-0.1, -0.05) is 12.1 Å². The molecule has 0 saturated heterocycles. The molecule has 3 aromatic rings. The van der Waals surface area contributed by atoms with E-state index >= 15 is 0 Å². The monoisotopic (exact) mass is 355 g/mol. The minimum absolute atomic E-state index is 0.175. The van der Waals surface area contributed by atoms with E-state index in [1.165, 1.54) is 27.8 Å². The molecule has 1 aromatic carbocycles. The maximum Gasteiger partial charge on any atom is 0.278 e. The maximum atomic E-state index is 14.1. The molecule has 0 N–H and O–H groups in total. The lowest BCUT2D eigenvalue weighted by Gasteiger charge is -2.17. The Bertz CT molecular complexity index is 1020. The fourth-order valence-electron chi connectivity index (χ4n) is 2.64. The van der Waals surface area contributed by atoms with Crippen LogP contribution in [-0.4, -0.2) is 37.4 Å². The average Bonchev–Trinajstić information content (AvgIpc) is 3.00. The highest BCUT2D eigenvalue weighted by Crippen LogP contribution is 2.13. The molecule has 0 atom stereocenters. The first-order chi connectivity index (χ1) is 12.4. The van der Waals surface area contributed by atoms with E-state index in [1.54, 1.807) is 50.2 Å². The van der Waals surface area contributed by atoms with Gasteiger partial charge in [0.2, 0.25) is 5.43 Å². The zero-order valence-corrected chi connectivity index (χ0v) is 14.7. The lowest BCUT2D eigenvalue weighted by atomic mass is 10.2. The van der Waals surface area contributed by atoms with Gasteiger partial charge in [-0.05, 0) is 19.1 Å². The lowest BCUT2D eigenvalue weighted by Crippen LogP contribution is -2.33. The standard InChI is InChI=1S/C18H18FN5O2/c1-12-8-16(25)17(21-24(12)15-7-5-4-6-14(15)19)18(26)22(2)10-13-9-20-23(3)11-13/h4-9,11H,10H2,1-3H3. The number of aromatic nitrogens is 4. The van der Waals surface area contributed by atoms with Crippen LogP contribution in [0.1, 0.15) is 21.7 Å². The van der Waals surface area contributed by atoms with Crippen LogP contribution in [0.25, 0.3) is 5.69 Å². The van der Waals surface area contributed by atoms with Crippen LogP contribution in [0, 0.1) is 12.7 Å². The highest BCUT2D eigenvalue weighted by Gasteiger charge is 2.20. The van der Waals surface area contributed by atoms with E-state index in [0.29, 0.717) is 5.69 Å². The van der Waals surface area contributed by atoms with Gasteiger partial charge in [0.1, 0.15) is 11.5 Å². The third-order valence-electron chi connectivity index (χ3n) is 3.92. The summed E-state index contributed by atoms with van der Waals surface area (Å²) in [5.74, 6) is -1.03. The van der Waals surface area contributed by atoms with Gasteiger partial charge in [-0.3, -0.25) is 14.3 Å². The van der Waals surface area contributed by atoms with E-state index in [-0.39, 0.29) is 17.9 Å². The van der Waals surface area contributed by atoms with Crippen LogP contribution in [0.5, 0.6) is 0 Å². The van der Waals surface area contributed by atoms with Crippen LogP contribution in [0.2, 0.25) is 0 Å². The van der Waals surface area contributed by atoms with Crippen molar-refractivity contribution in [2.24, 2.45) is 7.05 Å². The molecule has 3 rings (SSSR count). The van der Waals surface area contributed by atoms with Gasteiger partial charge in [-0.25, -0.2) is 9.07 Å². The van der Waals surface area contributed by atoms with Crippen molar-refractivity contribution in [3.8, 4) is 5.69 Å². The van der Waals surface area contributed by atoms with Crippen LogP contribution in [0.3, 0.4) is 0 Å². The Labute approximate surface area is 149 Å². The summed E-state index contributed by atoms with van der Waals surface area (Å²) >= 11 is 0. The second kappa shape index (κ2) is 6.91. The van der Waals surface area contributed by atoms with Gasteiger partial charge in [0.25, 0.3) is 5.91 Å². The summed E-state index contributed by atoms with van der Waals surface area (Å²) in [5, 5.41) is 8.17. The number of nitrogens with zero attached hydrogens (tertiary/aromatic N) is 5. The zero-order chi connectivity index (χ0) is 18.8. The highest BCUT2D eigenvalue weighted by molar-refractivity contribution is 5.91. The Hall–Kier alpha value is -3.29. The molecule has 134 valence electrons. The fourth-order valence-corrected chi connectivity index (χ4v) is 2.64. The molecule has 0 fully saturated rings. The molecular formula is C18H18FN5O2. The third-order valence-corrected chi connectivity index (χ3v) is 3.92. The summed E-state index contributed by atoms with van der Waals surface area (Å²) in [6, 6.07) is 7.33. The van der Waals surface area contributed by atoms with Gasteiger partial charge < -0.3 is 4.90 Å². The Morgan fingerprint density at radius 2 is 2.04 bits per heavy atom. The number of aryl methyl sites for hydroxylation is 2. The van der Waals surface area contributed by atoms with Crippen molar-refractivity contribution in [1.82, 2.24) is 24.5 Å². The van der Waals surface area contributed by atoms with Gasteiger partial charge in [-0.15, -0.1) is 0 Å². The van der Waals surface area contributed by atoms with Crippen molar-refractivity contribution in [2.45, 2.75) is 13.5 Å². The molecule has 0 spiro atoms. The summed E-state index contributed by atoms with van der Waals surface area (Å²) < 4.78 is 17.0. The molecule has 0 aliphatic carbocycles. The Morgan fingerprint density at radius 3 is 2.69 bits per heavy atom. The van der Waals surface area contributed by atoms with E-state index in [0.717, 1.165) is 5.56 Å². The summed E-state index contributed by atoms with van der Waals surface area (Å²) in [6.45, 7) is 1.91. The number of hydrogen-bond acceptors (Lipinski definition) is 4. The van der Waals surface area contributed by atoms with Gasteiger partial charge >= 0.3 is 0 Å². The van der Waals surface area contributed by atoms with Crippen LogP contribution in [-0.2, 0) is 13.6 Å². The smallest absolute Gasteiger partial charge is 0.278 e. The molecule has 0 saturated carbocycles. The number of carbonyl (C=O) groups is 1. The normalized spacial score (nSPS) is 10.8. The fraction of sp³-hybridized carbons (Fsp3) is 0.222. The molecule has 2 aromatic heterocycles. The molecule has 0 aliphatic rings. The molecule has 1 amide bonds. The Morgan fingerprint density at radius 1 is 1.31 bits per heavy atom. The van der Waals surface area contributed by atoms with Crippen molar-refractivity contribution < 1.29 is 9.18 Å². The van der Waals surface area contributed by atoms with E-state index < -0.39 is 17.2 Å². The Balaban J connectivity index is 1.97. The van der Waals surface area contributed by atoms with E-state index in [2.05, 4.69) is 10.2 Å². The molecule has 7 nitrogen and oxygen atoms in total. The van der Waals surface area contributed by atoms with Crippen molar-refractivity contribution in [3.63, 3.8) is 0 Å². The van der Waals surface area contributed by atoms with Gasteiger partial charge in [-0.2, -0.15) is 10.2 Å². The molecule has 26 heavy (non-hydrogen) atoms. The van der Waals surface area contributed by atoms with Crippen molar-refractivity contribution >= 4 is 5.91 Å². The largest absolute Gasteiger partial charge is 0.336 e. The van der Waals surface area contributed by atoms with Crippen LogP contribution < -0.4 is 5.43 Å². The van der Waals surface area contributed by atoms with Gasteiger partial charge in [0, 0.05) is 44.2 Å². The lowest BCUT2D eigenvalue weighted by molar-refractivity contribution is 0.0775. The minimum Gasteiger partial charge on any atom is -0.336 e. The number of hydrogen-bond donors (Lipinski definition) is 0. The molecule has 0 radical (unpaired) electrons. The first kappa shape index (κ1) is 17.5. The second-order valence-electron chi connectivity index (χ2n) is 6.05. The van der Waals surface area contributed by atoms with E-state index in [1.807, 2.05) is 0 Å². The number of benzene rings is 1. The van der Waals surface area contributed by atoms with Crippen LogP contribution in [0.15, 0.2) is 47.5 Å². The molecular weight excluding hydrogens is 337 g/mol. The van der Waals surface area contributed by atoms with Crippen molar-refractivity contribution in [2.75, 3.05) is 7.05 Å². The SMILES string of the molecule is Cc1cc(=O)c(C(=O)N(C)Cc2cnn(C)c2)nn1-c1ccccc1F. The summed E-state index contributed by atoms with van der Waals surface area (Å²) in [6.07, 6.45) is 3.42. The zero-order valence-electron chi connectivity index (χ0n) is 14.7. The second-order valence-corrected chi connectivity index (χ2v) is 6.05. The predicted molar refractivity (Wildman–Crippen MR) is 93.5 cm³/mol.